The fourth-order valence-electron chi connectivity index (χ4n) is 9.33. The number of aliphatic hydroxyl groups excluding tert-OH is 1. The second kappa shape index (κ2) is 17.6. The first-order chi connectivity index (χ1) is 29.7. The van der Waals surface area contributed by atoms with Crippen molar-refractivity contribution in [1.29, 1.82) is 5.26 Å². The number of aliphatic hydroxyl groups is 1. The molecule has 4 heterocycles. The summed E-state index contributed by atoms with van der Waals surface area (Å²) >= 11 is 0. The van der Waals surface area contributed by atoms with Gasteiger partial charge in [-0.15, -0.1) is 0 Å². The number of hydrogen-bond donors (Lipinski definition) is 4. The summed E-state index contributed by atoms with van der Waals surface area (Å²) in [6.45, 7) is 4.97. The normalized spacial score (nSPS) is 21.0. The third kappa shape index (κ3) is 8.98. The zero-order chi connectivity index (χ0) is 43.8. The van der Waals surface area contributed by atoms with E-state index in [1.54, 1.807) is 54.2 Å². The summed E-state index contributed by atoms with van der Waals surface area (Å²) in [6, 6.07) is 16.2. The van der Waals surface area contributed by atoms with Crippen molar-refractivity contribution in [3.05, 3.63) is 88.2 Å². The Hall–Kier alpha value is -5.61. The molecule has 2 atom stereocenters. The van der Waals surface area contributed by atoms with Gasteiger partial charge in [0.2, 0.25) is 11.8 Å². The van der Waals surface area contributed by atoms with Crippen LogP contribution in [0.4, 0.5) is 15.8 Å². The molecular formula is C44H52FN9O7S. The van der Waals surface area contributed by atoms with Crippen LogP contribution >= 0.6 is 0 Å². The molecule has 3 aliphatic heterocycles. The van der Waals surface area contributed by atoms with Gasteiger partial charge in [-0.25, -0.2) is 9.37 Å². The fourth-order valence-corrected chi connectivity index (χ4v) is 10.3. The highest BCUT2D eigenvalue weighted by molar-refractivity contribution is 7.90. The lowest BCUT2D eigenvalue weighted by Crippen LogP contribution is -2.52. The largest absolute Gasteiger partial charge is 0.456 e. The molecule has 328 valence electrons. The van der Waals surface area contributed by atoms with Crippen molar-refractivity contribution >= 4 is 44.3 Å². The quantitative estimate of drug-likeness (QED) is 0.155. The number of rotatable bonds is 12. The van der Waals surface area contributed by atoms with Crippen LogP contribution < -0.4 is 25.7 Å². The van der Waals surface area contributed by atoms with E-state index in [2.05, 4.69) is 25.2 Å². The van der Waals surface area contributed by atoms with Crippen LogP contribution in [0, 0.1) is 22.6 Å². The Morgan fingerprint density at radius 2 is 1.84 bits per heavy atom. The first-order valence-electron chi connectivity index (χ1n) is 21.2. The first-order valence-corrected chi connectivity index (χ1v) is 22.7. The number of aromatic nitrogens is 2. The minimum atomic E-state index is -3.88. The highest BCUT2D eigenvalue weighted by atomic mass is 32.2. The molecule has 0 radical (unpaired) electrons. The summed E-state index contributed by atoms with van der Waals surface area (Å²) in [5, 5.41) is 26.1. The highest BCUT2D eigenvalue weighted by Crippen LogP contribution is 2.54. The van der Waals surface area contributed by atoms with E-state index >= 15 is 4.39 Å². The van der Waals surface area contributed by atoms with Crippen LogP contribution in [0.3, 0.4) is 0 Å². The van der Waals surface area contributed by atoms with Gasteiger partial charge < -0.3 is 25.4 Å². The Kier molecular flexibility index (Phi) is 12.2. The third-order valence-corrected chi connectivity index (χ3v) is 14.8. The van der Waals surface area contributed by atoms with Gasteiger partial charge in [-0.1, -0.05) is 19.1 Å². The number of likely N-dealkylation sites (tertiary alicyclic amines) is 2. The predicted molar refractivity (Wildman–Crippen MR) is 230 cm³/mol. The maximum absolute atomic E-state index is 15.3. The maximum atomic E-state index is 15.3. The molecule has 1 spiro atoms. The van der Waals surface area contributed by atoms with E-state index in [9.17, 15) is 33.2 Å². The summed E-state index contributed by atoms with van der Waals surface area (Å²) in [7, 11) is -2.45. The van der Waals surface area contributed by atoms with Gasteiger partial charge in [0.1, 0.15) is 35.2 Å². The molecule has 3 saturated heterocycles. The van der Waals surface area contributed by atoms with E-state index in [0.29, 0.717) is 73.5 Å². The van der Waals surface area contributed by atoms with Gasteiger partial charge in [0.15, 0.2) is 0 Å². The number of nitrogens with zero attached hydrogens (tertiary/aromatic N) is 6. The molecule has 1 aliphatic carbocycles. The average molecular weight is 870 g/mol. The van der Waals surface area contributed by atoms with Gasteiger partial charge in [-0.05, 0) is 117 Å². The zero-order valence-electron chi connectivity index (χ0n) is 34.8. The topological polar surface area (TPSA) is 202 Å². The van der Waals surface area contributed by atoms with Crippen LogP contribution in [0.25, 0.3) is 10.9 Å². The summed E-state index contributed by atoms with van der Waals surface area (Å²) in [6.07, 6.45) is 6.14. The van der Waals surface area contributed by atoms with Gasteiger partial charge in [-0.2, -0.15) is 18.0 Å². The third-order valence-electron chi connectivity index (χ3n) is 13.2. The second-order valence-corrected chi connectivity index (χ2v) is 18.9. The molecule has 1 aromatic heterocycles. The number of piperidine rings is 3. The van der Waals surface area contributed by atoms with E-state index in [0.717, 1.165) is 42.8 Å². The van der Waals surface area contributed by atoms with Crippen molar-refractivity contribution in [2.24, 2.45) is 5.41 Å². The smallest absolute Gasteiger partial charge is 0.301 e. The molecule has 4 fully saturated rings. The van der Waals surface area contributed by atoms with Gasteiger partial charge in [-0.3, -0.25) is 28.6 Å². The fraction of sp³-hybridized carbons (Fsp3) is 0.477. The Balaban J connectivity index is 0.821. The lowest BCUT2D eigenvalue weighted by molar-refractivity contribution is -0.136. The van der Waals surface area contributed by atoms with Gasteiger partial charge in [0, 0.05) is 44.8 Å². The molecular weight excluding hydrogens is 818 g/mol. The molecule has 4 aromatic rings. The van der Waals surface area contributed by atoms with Crippen molar-refractivity contribution in [3.8, 4) is 17.6 Å². The Labute approximate surface area is 359 Å². The van der Waals surface area contributed by atoms with Crippen molar-refractivity contribution in [1.82, 2.24) is 29.0 Å². The molecule has 62 heavy (non-hydrogen) atoms. The zero-order valence-corrected chi connectivity index (χ0v) is 35.7. The number of hydrogen-bond acceptors (Lipinski definition) is 11. The van der Waals surface area contributed by atoms with Crippen molar-refractivity contribution in [3.63, 3.8) is 0 Å². The SMILES string of the molecule is CCN(C)S(=O)(=O)Nc1cccc(Oc2ccc3ncn(C4CC5(CCN(C(=O)CN6CCC(c7ccc(NC8CCC(=O)NC8O)cc7F)CC6)CC5)C4)c(=O)c3c2)c1C#N. The van der Waals surface area contributed by atoms with Crippen molar-refractivity contribution < 1.29 is 32.2 Å². The Bertz CT molecular complexity index is 2560. The number of benzene rings is 3. The molecule has 16 nitrogen and oxygen atoms in total. The number of fused-ring (bicyclic) bond motifs is 1. The molecule has 2 amide bonds. The number of amides is 2. The van der Waals surface area contributed by atoms with Gasteiger partial charge in [0.05, 0.1) is 35.5 Å². The molecule has 8 rings (SSSR count). The van der Waals surface area contributed by atoms with Crippen LogP contribution in [-0.2, 0) is 19.8 Å². The number of halogens is 1. The predicted octanol–water partition coefficient (Wildman–Crippen LogP) is 4.64. The Morgan fingerprint density at radius 1 is 1.08 bits per heavy atom. The maximum Gasteiger partial charge on any atom is 0.301 e. The molecule has 18 heteroatoms. The van der Waals surface area contributed by atoms with E-state index in [1.807, 2.05) is 17.0 Å². The number of nitrogens with one attached hydrogen (secondary N) is 3. The van der Waals surface area contributed by atoms with Crippen molar-refractivity contribution in [2.45, 2.75) is 82.5 Å². The first kappa shape index (κ1) is 43.1. The van der Waals surface area contributed by atoms with Crippen LogP contribution in [0.1, 0.15) is 81.4 Å². The summed E-state index contributed by atoms with van der Waals surface area (Å²) in [4.78, 5) is 47.5. The lowest BCUT2D eigenvalue weighted by Gasteiger charge is -2.52. The van der Waals surface area contributed by atoms with E-state index in [4.69, 9.17) is 4.74 Å². The minimum Gasteiger partial charge on any atom is -0.456 e. The molecule has 4 aliphatic rings. The van der Waals surface area contributed by atoms with E-state index in [-0.39, 0.29) is 70.2 Å². The van der Waals surface area contributed by atoms with Crippen molar-refractivity contribution in [2.75, 3.05) is 56.4 Å². The summed E-state index contributed by atoms with van der Waals surface area (Å²) in [5.74, 6) is 0.0685. The van der Waals surface area contributed by atoms with Crippen LogP contribution in [0.15, 0.2) is 65.7 Å². The Morgan fingerprint density at radius 3 is 2.53 bits per heavy atom. The molecule has 3 aromatic carbocycles. The van der Waals surface area contributed by atoms with Crippen LogP contribution in [-0.4, -0.2) is 108 Å². The van der Waals surface area contributed by atoms with E-state index < -0.39 is 16.4 Å². The summed E-state index contributed by atoms with van der Waals surface area (Å²) < 4.78 is 51.9. The number of carbonyl (C=O) groups is 2. The standard InChI is InChI=1S/C44H52FN9O7S/c1-3-51(2)62(59,60)50-37-5-4-6-39(34(37)25-46)61-31-8-10-36-33(22-31)43(58)54(27-47-36)30-23-44(24-30)15-19-53(20-16-44)41(56)26-52-17-13-28(14-18-52)32-9-7-29(21-35(32)45)48-38-11-12-40(55)49-42(38)57/h4-10,21-22,27-28,30,38,42,48,50,57H,3,11-20,23-24,26H2,1-2H3,(H,49,55). The molecule has 0 bridgehead atoms. The number of anilines is 2. The monoisotopic (exact) mass is 869 g/mol. The highest BCUT2D eigenvalue weighted by Gasteiger charge is 2.47. The minimum absolute atomic E-state index is 0.000224. The van der Waals surface area contributed by atoms with E-state index in [1.165, 1.54) is 19.2 Å². The lowest BCUT2D eigenvalue weighted by atomic mass is 9.60. The number of nitriles is 1. The van der Waals surface area contributed by atoms with Gasteiger partial charge >= 0.3 is 10.2 Å². The molecule has 2 unspecified atom stereocenters. The molecule has 4 N–H and O–H groups in total. The van der Waals surface area contributed by atoms with Crippen LogP contribution in [0.5, 0.6) is 11.5 Å². The molecule has 1 saturated carbocycles. The average Bonchev–Trinajstić information content (AvgIpc) is 3.24. The number of carbonyl (C=O) groups excluding carboxylic acids is 2. The van der Waals surface area contributed by atoms with Crippen LogP contribution in [0.2, 0.25) is 0 Å². The van der Waals surface area contributed by atoms with Gasteiger partial charge in [0.25, 0.3) is 5.56 Å². The second-order valence-electron chi connectivity index (χ2n) is 17.1. The summed E-state index contributed by atoms with van der Waals surface area (Å²) in [5.41, 5.74) is 1.63. The number of ether oxygens (including phenoxy) is 1.